The molecule has 1 aromatic heterocycles. The van der Waals surface area contributed by atoms with Gasteiger partial charge in [0.2, 0.25) is 0 Å². The van der Waals surface area contributed by atoms with Crippen LogP contribution in [0.5, 0.6) is 5.75 Å². The number of nitrogens with zero attached hydrogens (tertiary/aromatic N) is 1. The van der Waals surface area contributed by atoms with Crippen LogP contribution in [0.3, 0.4) is 0 Å². The molecule has 1 N–H and O–H groups in total. The fraction of sp³-hybridized carbons (Fsp3) is 0.211. The fourth-order valence-corrected chi connectivity index (χ4v) is 2.68. The predicted molar refractivity (Wildman–Crippen MR) is 91.6 cm³/mol. The zero-order valence-electron chi connectivity index (χ0n) is 13.2. The third kappa shape index (κ3) is 3.72. The Hall–Kier alpha value is -2.75. The first-order valence-corrected chi connectivity index (χ1v) is 7.71. The number of fused-ring (bicyclic) bond motifs is 1. The quantitative estimate of drug-likeness (QED) is 0.761. The van der Waals surface area contributed by atoms with Crippen molar-refractivity contribution in [2.45, 2.75) is 6.42 Å². The molecular weight excluding hydrogens is 288 g/mol. The second kappa shape index (κ2) is 7.01. The molecule has 0 atom stereocenters. The summed E-state index contributed by atoms with van der Waals surface area (Å²) in [6.45, 7) is 0.643. The van der Waals surface area contributed by atoms with Crippen molar-refractivity contribution >= 4 is 16.8 Å². The van der Waals surface area contributed by atoms with Crippen LogP contribution >= 0.6 is 0 Å². The number of hydrogen-bond acceptors (Lipinski definition) is 2. The molecule has 0 saturated heterocycles. The van der Waals surface area contributed by atoms with Crippen molar-refractivity contribution in [3.05, 3.63) is 66.4 Å². The number of ether oxygens (including phenoxy) is 1. The summed E-state index contributed by atoms with van der Waals surface area (Å²) >= 11 is 0. The molecule has 118 valence electrons. The molecule has 0 aliphatic carbocycles. The Morgan fingerprint density at radius 3 is 2.65 bits per heavy atom. The topological polar surface area (TPSA) is 43.3 Å². The lowest BCUT2D eigenvalue weighted by molar-refractivity contribution is -0.123. The van der Waals surface area contributed by atoms with Crippen molar-refractivity contribution in [1.82, 2.24) is 9.88 Å². The van der Waals surface area contributed by atoms with Crippen LogP contribution in [0.1, 0.15) is 5.56 Å². The van der Waals surface area contributed by atoms with Crippen molar-refractivity contribution in [2.24, 2.45) is 7.05 Å². The molecule has 1 heterocycles. The van der Waals surface area contributed by atoms with Gasteiger partial charge in [-0.1, -0.05) is 36.4 Å². The molecule has 0 fully saturated rings. The Morgan fingerprint density at radius 2 is 1.83 bits per heavy atom. The second-order valence-electron chi connectivity index (χ2n) is 5.48. The SMILES string of the molecule is Cn1cc(CCNC(=O)COc2ccccc2)c2ccccc21. The number of hydrogen-bond donors (Lipinski definition) is 1. The average molecular weight is 308 g/mol. The summed E-state index contributed by atoms with van der Waals surface area (Å²) in [6.07, 6.45) is 2.93. The van der Waals surface area contributed by atoms with E-state index in [1.165, 1.54) is 16.5 Å². The van der Waals surface area contributed by atoms with Gasteiger partial charge in [-0.05, 0) is 30.2 Å². The first kappa shape index (κ1) is 15.2. The highest BCUT2D eigenvalue weighted by atomic mass is 16.5. The highest BCUT2D eigenvalue weighted by Crippen LogP contribution is 2.20. The molecular formula is C19H20N2O2. The minimum Gasteiger partial charge on any atom is -0.484 e. The maximum Gasteiger partial charge on any atom is 0.257 e. The van der Waals surface area contributed by atoms with Crippen LogP contribution in [-0.4, -0.2) is 23.6 Å². The van der Waals surface area contributed by atoms with E-state index in [1.54, 1.807) is 0 Å². The van der Waals surface area contributed by atoms with Gasteiger partial charge in [0.1, 0.15) is 5.75 Å². The third-order valence-electron chi connectivity index (χ3n) is 3.81. The van der Waals surface area contributed by atoms with E-state index in [1.807, 2.05) is 49.5 Å². The van der Waals surface area contributed by atoms with Gasteiger partial charge in [-0.15, -0.1) is 0 Å². The second-order valence-corrected chi connectivity index (χ2v) is 5.48. The van der Waals surface area contributed by atoms with Crippen LogP contribution in [0.2, 0.25) is 0 Å². The molecule has 0 aliphatic rings. The lowest BCUT2D eigenvalue weighted by Crippen LogP contribution is -2.30. The summed E-state index contributed by atoms with van der Waals surface area (Å²) in [5.41, 5.74) is 2.45. The van der Waals surface area contributed by atoms with Gasteiger partial charge in [0.25, 0.3) is 5.91 Å². The summed E-state index contributed by atoms with van der Waals surface area (Å²) in [5.74, 6) is 0.603. The van der Waals surface area contributed by atoms with Crippen molar-refractivity contribution < 1.29 is 9.53 Å². The van der Waals surface area contributed by atoms with Gasteiger partial charge in [0.15, 0.2) is 6.61 Å². The normalized spacial score (nSPS) is 10.7. The predicted octanol–water partition coefficient (Wildman–Crippen LogP) is 2.92. The van der Waals surface area contributed by atoms with Crippen LogP contribution in [0.4, 0.5) is 0 Å². The van der Waals surface area contributed by atoms with Crippen LogP contribution in [0.15, 0.2) is 60.8 Å². The Bertz CT molecular complexity index is 793. The van der Waals surface area contributed by atoms with Gasteiger partial charge in [0, 0.05) is 30.7 Å². The zero-order valence-corrected chi connectivity index (χ0v) is 13.2. The lowest BCUT2D eigenvalue weighted by atomic mass is 10.1. The maximum absolute atomic E-state index is 11.8. The number of aryl methyl sites for hydroxylation is 1. The number of amides is 1. The Balaban J connectivity index is 1.50. The van der Waals surface area contributed by atoms with Crippen molar-refractivity contribution in [3.8, 4) is 5.75 Å². The van der Waals surface area contributed by atoms with Crippen LogP contribution in [-0.2, 0) is 18.3 Å². The van der Waals surface area contributed by atoms with Gasteiger partial charge < -0.3 is 14.6 Å². The van der Waals surface area contributed by atoms with E-state index in [0.29, 0.717) is 12.3 Å². The number of para-hydroxylation sites is 2. The van der Waals surface area contributed by atoms with Gasteiger partial charge in [0.05, 0.1) is 0 Å². The molecule has 0 unspecified atom stereocenters. The van der Waals surface area contributed by atoms with Crippen molar-refractivity contribution in [2.75, 3.05) is 13.2 Å². The molecule has 4 nitrogen and oxygen atoms in total. The highest BCUT2D eigenvalue weighted by Gasteiger charge is 2.07. The first-order chi connectivity index (χ1) is 11.2. The van der Waals surface area contributed by atoms with Gasteiger partial charge in [-0.3, -0.25) is 4.79 Å². The summed E-state index contributed by atoms with van der Waals surface area (Å²) < 4.78 is 7.54. The van der Waals surface area contributed by atoms with E-state index in [-0.39, 0.29) is 12.5 Å². The van der Waals surface area contributed by atoms with E-state index < -0.39 is 0 Å². The zero-order chi connectivity index (χ0) is 16.1. The number of aromatic nitrogens is 1. The summed E-state index contributed by atoms with van der Waals surface area (Å²) in [5, 5.41) is 4.14. The summed E-state index contributed by atoms with van der Waals surface area (Å²) in [6, 6.07) is 17.6. The molecule has 2 aromatic carbocycles. The number of nitrogens with one attached hydrogen (secondary N) is 1. The molecule has 3 aromatic rings. The summed E-state index contributed by atoms with van der Waals surface area (Å²) in [4.78, 5) is 11.8. The largest absolute Gasteiger partial charge is 0.484 e. The standard InChI is InChI=1S/C19H20N2O2/c1-21-13-15(17-9-5-6-10-18(17)21)11-12-20-19(22)14-23-16-7-3-2-4-8-16/h2-10,13H,11-12,14H2,1H3,(H,20,22). The maximum atomic E-state index is 11.8. The van der Waals surface area contributed by atoms with Crippen molar-refractivity contribution in [3.63, 3.8) is 0 Å². The first-order valence-electron chi connectivity index (χ1n) is 7.71. The Morgan fingerprint density at radius 1 is 1.09 bits per heavy atom. The summed E-state index contributed by atoms with van der Waals surface area (Å²) in [7, 11) is 2.04. The molecule has 4 heteroatoms. The van der Waals surface area contributed by atoms with Gasteiger partial charge in [-0.25, -0.2) is 0 Å². The number of rotatable bonds is 6. The van der Waals surface area contributed by atoms with Crippen LogP contribution in [0.25, 0.3) is 10.9 Å². The lowest BCUT2D eigenvalue weighted by Gasteiger charge is -2.07. The van der Waals surface area contributed by atoms with E-state index >= 15 is 0 Å². The van der Waals surface area contributed by atoms with E-state index in [9.17, 15) is 4.79 Å². The number of carbonyl (C=O) groups excluding carboxylic acids is 1. The number of carbonyl (C=O) groups is 1. The molecule has 0 saturated carbocycles. The van der Waals surface area contributed by atoms with Gasteiger partial charge >= 0.3 is 0 Å². The number of benzene rings is 2. The monoisotopic (exact) mass is 308 g/mol. The smallest absolute Gasteiger partial charge is 0.257 e. The molecule has 1 amide bonds. The molecule has 0 bridgehead atoms. The van der Waals surface area contributed by atoms with Crippen LogP contribution < -0.4 is 10.1 Å². The molecule has 0 spiro atoms. The molecule has 0 radical (unpaired) electrons. The Labute approximate surface area is 135 Å². The van der Waals surface area contributed by atoms with E-state index in [0.717, 1.165) is 6.42 Å². The van der Waals surface area contributed by atoms with E-state index in [4.69, 9.17) is 4.74 Å². The average Bonchev–Trinajstić information content (AvgIpc) is 2.91. The molecule has 23 heavy (non-hydrogen) atoms. The molecule has 0 aliphatic heterocycles. The fourth-order valence-electron chi connectivity index (χ4n) is 2.68. The minimum absolute atomic E-state index is 0.0412. The molecule has 3 rings (SSSR count). The van der Waals surface area contributed by atoms with Gasteiger partial charge in [-0.2, -0.15) is 0 Å². The minimum atomic E-state index is -0.103. The highest BCUT2D eigenvalue weighted by molar-refractivity contribution is 5.84. The third-order valence-corrected chi connectivity index (χ3v) is 3.81. The van der Waals surface area contributed by atoms with Crippen molar-refractivity contribution in [1.29, 1.82) is 0 Å². The van der Waals surface area contributed by atoms with E-state index in [2.05, 4.69) is 28.2 Å². The Kier molecular flexibility index (Phi) is 4.62. The van der Waals surface area contributed by atoms with Crippen LogP contribution in [0, 0.1) is 0 Å².